The third-order valence-electron chi connectivity index (χ3n) is 4.07. The predicted molar refractivity (Wildman–Crippen MR) is 98.8 cm³/mol. The van der Waals surface area contributed by atoms with E-state index in [0.29, 0.717) is 11.3 Å². The van der Waals surface area contributed by atoms with Crippen molar-refractivity contribution < 1.29 is 8.81 Å². The lowest BCUT2D eigenvalue weighted by atomic mass is 10.0. The van der Waals surface area contributed by atoms with E-state index in [2.05, 4.69) is 18.2 Å². The lowest BCUT2D eigenvalue weighted by Crippen LogP contribution is -1.82. The maximum atomic E-state index is 14.2. The largest absolute Gasteiger partial charge is 0.455 e. The van der Waals surface area contributed by atoms with Gasteiger partial charge < -0.3 is 4.42 Å². The minimum atomic E-state index is -0.268. The summed E-state index contributed by atoms with van der Waals surface area (Å²) in [7, 11) is 0. The van der Waals surface area contributed by atoms with Gasteiger partial charge in [0.25, 0.3) is 0 Å². The number of rotatable bonds is 3. The second-order valence-corrected chi connectivity index (χ2v) is 6.34. The van der Waals surface area contributed by atoms with Gasteiger partial charge in [-0.25, -0.2) is 4.39 Å². The van der Waals surface area contributed by atoms with E-state index in [1.165, 1.54) is 6.07 Å². The number of furan rings is 1. The van der Waals surface area contributed by atoms with E-state index in [1.54, 1.807) is 23.9 Å². The van der Waals surface area contributed by atoms with Crippen molar-refractivity contribution in [2.75, 3.05) is 6.26 Å². The number of hydrogen-bond donors (Lipinski definition) is 0. The lowest BCUT2D eigenvalue weighted by molar-refractivity contribution is 0.597. The molecule has 0 aliphatic heterocycles. The Morgan fingerprint density at radius 1 is 0.833 bits per heavy atom. The topological polar surface area (TPSA) is 13.1 Å². The number of hydrogen-bond acceptors (Lipinski definition) is 2. The Morgan fingerprint density at radius 3 is 2.33 bits per heavy atom. The van der Waals surface area contributed by atoms with Crippen molar-refractivity contribution in [2.45, 2.75) is 4.90 Å². The predicted octanol–water partition coefficient (Wildman–Crippen LogP) is 6.63. The number of benzene rings is 3. The maximum absolute atomic E-state index is 14.2. The van der Waals surface area contributed by atoms with Crippen molar-refractivity contribution in [3.05, 3.63) is 78.6 Å². The second-order valence-electron chi connectivity index (χ2n) is 5.52. The van der Waals surface area contributed by atoms with E-state index in [1.807, 2.05) is 42.7 Å². The summed E-state index contributed by atoms with van der Waals surface area (Å²) in [6.45, 7) is 0. The summed E-state index contributed by atoms with van der Waals surface area (Å²) in [5.74, 6) is 0.330. The average molecular weight is 334 g/mol. The molecule has 0 fully saturated rings. The van der Waals surface area contributed by atoms with Crippen molar-refractivity contribution >= 4 is 22.7 Å². The molecule has 3 aromatic carbocycles. The summed E-state index contributed by atoms with van der Waals surface area (Å²) in [6, 6.07) is 23.1. The SMILES string of the molecule is CSc1c(-c2ccccc2F)oc2ccc(-c3ccccc3)cc12. The van der Waals surface area contributed by atoms with Crippen molar-refractivity contribution in [3.63, 3.8) is 0 Å². The van der Waals surface area contributed by atoms with Crippen LogP contribution in [-0.4, -0.2) is 6.26 Å². The van der Waals surface area contributed by atoms with E-state index in [4.69, 9.17) is 4.42 Å². The van der Waals surface area contributed by atoms with Crippen LogP contribution in [0.4, 0.5) is 4.39 Å². The van der Waals surface area contributed by atoms with Crippen LogP contribution < -0.4 is 0 Å². The standard InChI is InChI=1S/C21H15FOS/c1-24-21-17-13-15(14-7-3-2-4-8-14)11-12-19(17)23-20(21)16-9-5-6-10-18(16)22/h2-13H,1H3. The molecule has 1 heterocycles. The number of halogens is 1. The van der Waals surface area contributed by atoms with Gasteiger partial charge in [-0.1, -0.05) is 48.5 Å². The molecular weight excluding hydrogens is 319 g/mol. The van der Waals surface area contributed by atoms with Gasteiger partial charge in [0, 0.05) is 5.39 Å². The molecular formula is C21H15FOS. The first-order chi connectivity index (χ1) is 11.8. The smallest absolute Gasteiger partial charge is 0.151 e. The van der Waals surface area contributed by atoms with E-state index in [-0.39, 0.29) is 5.82 Å². The van der Waals surface area contributed by atoms with Crippen molar-refractivity contribution in [1.82, 2.24) is 0 Å². The van der Waals surface area contributed by atoms with Crippen LogP contribution in [0, 0.1) is 5.82 Å². The maximum Gasteiger partial charge on any atom is 0.151 e. The molecule has 0 radical (unpaired) electrons. The summed E-state index contributed by atoms with van der Waals surface area (Å²) in [5, 5.41) is 1.02. The molecule has 4 aromatic rings. The Bertz CT molecular complexity index is 1000. The van der Waals surface area contributed by atoms with Gasteiger partial charge in [-0.3, -0.25) is 0 Å². The third kappa shape index (κ3) is 2.51. The van der Waals surface area contributed by atoms with Crippen molar-refractivity contribution in [3.8, 4) is 22.5 Å². The van der Waals surface area contributed by atoms with Crippen LogP contribution in [0.5, 0.6) is 0 Å². The molecule has 0 bridgehead atoms. The molecule has 24 heavy (non-hydrogen) atoms. The summed E-state index contributed by atoms with van der Waals surface area (Å²) in [5.41, 5.74) is 3.55. The van der Waals surface area contributed by atoms with Crippen LogP contribution in [0.3, 0.4) is 0 Å². The fourth-order valence-corrected chi connectivity index (χ4v) is 3.63. The molecule has 0 spiro atoms. The first-order valence-corrected chi connectivity index (χ1v) is 8.91. The zero-order chi connectivity index (χ0) is 16.5. The highest BCUT2D eigenvalue weighted by Gasteiger charge is 2.18. The third-order valence-corrected chi connectivity index (χ3v) is 4.89. The quantitative estimate of drug-likeness (QED) is 0.390. The van der Waals surface area contributed by atoms with Gasteiger partial charge in [0.05, 0.1) is 10.5 Å². The summed E-state index contributed by atoms with van der Waals surface area (Å²) in [4.78, 5) is 0.966. The Balaban J connectivity index is 1.94. The number of fused-ring (bicyclic) bond motifs is 1. The van der Waals surface area contributed by atoms with Gasteiger partial charge in [-0.05, 0) is 41.6 Å². The van der Waals surface area contributed by atoms with Gasteiger partial charge in [0.15, 0.2) is 5.76 Å². The summed E-state index contributed by atoms with van der Waals surface area (Å²) in [6.07, 6.45) is 1.99. The molecule has 1 aromatic heterocycles. The molecule has 3 heteroatoms. The summed E-state index contributed by atoms with van der Waals surface area (Å²) < 4.78 is 20.2. The molecule has 0 saturated carbocycles. The highest BCUT2D eigenvalue weighted by molar-refractivity contribution is 7.99. The molecule has 4 rings (SSSR count). The molecule has 0 unspecified atom stereocenters. The van der Waals surface area contributed by atoms with Crippen LogP contribution >= 0.6 is 11.8 Å². The molecule has 118 valence electrons. The molecule has 0 N–H and O–H groups in total. The van der Waals surface area contributed by atoms with Crippen LogP contribution in [-0.2, 0) is 0 Å². The zero-order valence-corrected chi connectivity index (χ0v) is 13.9. The van der Waals surface area contributed by atoms with E-state index in [9.17, 15) is 4.39 Å². The van der Waals surface area contributed by atoms with Crippen LogP contribution in [0.25, 0.3) is 33.4 Å². The highest BCUT2D eigenvalue weighted by atomic mass is 32.2. The van der Waals surface area contributed by atoms with Gasteiger partial charge in [0.1, 0.15) is 11.4 Å². The van der Waals surface area contributed by atoms with Crippen molar-refractivity contribution in [2.24, 2.45) is 0 Å². The van der Waals surface area contributed by atoms with Gasteiger partial charge in [-0.2, -0.15) is 0 Å². The molecule has 0 aliphatic rings. The monoisotopic (exact) mass is 334 g/mol. The highest BCUT2D eigenvalue weighted by Crippen LogP contribution is 2.41. The Labute approximate surface area is 144 Å². The Kier molecular flexibility index (Phi) is 3.87. The fourth-order valence-electron chi connectivity index (χ4n) is 2.91. The lowest BCUT2D eigenvalue weighted by Gasteiger charge is -2.02. The second kappa shape index (κ2) is 6.17. The zero-order valence-electron chi connectivity index (χ0n) is 13.1. The van der Waals surface area contributed by atoms with E-state index in [0.717, 1.165) is 27.0 Å². The van der Waals surface area contributed by atoms with Crippen LogP contribution in [0.2, 0.25) is 0 Å². The average Bonchev–Trinajstić information content (AvgIpc) is 3.00. The Morgan fingerprint density at radius 2 is 1.58 bits per heavy atom. The van der Waals surface area contributed by atoms with E-state index < -0.39 is 0 Å². The molecule has 0 atom stereocenters. The van der Waals surface area contributed by atoms with Crippen molar-refractivity contribution in [1.29, 1.82) is 0 Å². The van der Waals surface area contributed by atoms with E-state index >= 15 is 0 Å². The van der Waals surface area contributed by atoms with Gasteiger partial charge in [-0.15, -0.1) is 11.8 Å². The minimum Gasteiger partial charge on any atom is -0.455 e. The van der Waals surface area contributed by atoms with Gasteiger partial charge >= 0.3 is 0 Å². The Hall–Kier alpha value is -2.52. The minimum absolute atomic E-state index is 0.268. The molecule has 0 aliphatic carbocycles. The first kappa shape index (κ1) is 15.0. The fraction of sp³-hybridized carbons (Fsp3) is 0.0476. The van der Waals surface area contributed by atoms with Crippen LogP contribution in [0.1, 0.15) is 0 Å². The summed E-state index contributed by atoms with van der Waals surface area (Å²) >= 11 is 1.58. The molecule has 0 saturated heterocycles. The normalized spacial score (nSPS) is 11.1. The molecule has 1 nitrogen and oxygen atoms in total. The van der Waals surface area contributed by atoms with Crippen LogP contribution in [0.15, 0.2) is 82.1 Å². The number of thioether (sulfide) groups is 1. The first-order valence-electron chi connectivity index (χ1n) is 7.69. The molecule has 0 amide bonds. The van der Waals surface area contributed by atoms with Gasteiger partial charge in [0.2, 0.25) is 0 Å².